The SMILES string of the molecule is C[C@H](Cc1ccc(Cl)cc1)N(C)Cc1ccn(C)n1. The van der Waals surface area contributed by atoms with Crippen molar-refractivity contribution >= 4 is 11.6 Å². The smallest absolute Gasteiger partial charge is 0.0764 e. The van der Waals surface area contributed by atoms with Crippen molar-refractivity contribution in [1.29, 1.82) is 0 Å². The first-order chi connectivity index (χ1) is 9.04. The number of likely N-dealkylation sites (N-methyl/N-ethyl adjacent to an activating group) is 1. The molecule has 1 aromatic heterocycles. The maximum absolute atomic E-state index is 5.90. The van der Waals surface area contributed by atoms with Crippen molar-refractivity contribution in [2.45, 2.75) is 25.9 Å². The van der Waals surface area contributed by atoms with Crippen LogP contribution in [0.2, 0.25) is 5.02 Å². The molecule has 0 aliphatic heterocycles. The first-order valence-electron chi connectivity index (χ1n) is 6.48. The van der Waals surface area contributed by atoms with E-state index in [0.717, 1.165) is 23.7 Å². The molecule has 0 bridgehead atoms. The summed E-state index contributed by atoms with van der Waals surface area (Å²) >= 11 is 5.90. The minimum absolute atomic E-state index is 0.461. The Morgan fingerprint density at radius 3 is 2.53 bits per heavy atom. The molecule has 2 aromatic rings. The fraction of sp³-hybridized carbons (Fsp3) is 0.400. The van der Waals surface area contributed by atoms with Gasteiger partial charge in [0.15, 0.2) is 0 Å². The lowest BCUT2D eigenvalue weighted by Gasteiger charge is -2.24. The third-order valence-corrected chi connectivity index (χ3v) is 3.63. The van der Waals surface area contributed by atoms with Gasteiger partial charge in [-0.25, -0.2) is 0 Å². The van der Waals surface area contributed by atoms with Gasteiger partial charge in [-0.05, 0) is 44.2 Å². The lowest BCUT2D eigenvalue weighted by atomic mass is 10.1. The summed E-state index contributed by atoms with van der Waals surface area (Å²) in [5, 5.41) is 5.20. The van der Waals surface area contributed by atoms with Crippen LogP contribution in [0.15, 0.2) is 36.5 Å². The molecule has 0 fully saturated rings. The third kappa shape index (κ3) is 4.08. The Bertz CT molecular complexity index is 518. The lowest BCUT2D eigenvalue weighted by molar-refractivity contribution is 0.244. The zero-order valence-corrected chi connectivity index (χ0v) is 12.4. The molecule has 0 radical (unpaired) electrons. The number of aromatic nitrogens is 2. The number of benzene rings is 1. The van der Waals surface area contributed by atoms with Gasteiger partial charge < -0.3 is 0 Å². The molecule has 0 aliphatic rings. The van der Waals surface area contributed by atoms with Crippen LogP contribution in [0.25, 0.3) is 0 Å². The third-order valence-electron chi connectivity index (χ3n) is 3.38. The van der Waals surface area contributed by atoms with Crippen LogP contribution in [0, 0.1) is 0 Å². The van der Waals surface area contributed by atoms with Crippen LogP contribution in [-0.4, -0.2) is 27.8 Å². The summed E-state index contributed by atoms with van der Waals surface area (Å²) in [4.78, 5) is 2.32. The Kier molecular flexibility index (Phi) is 4.61. The van der Waals surface area contributed by atoms with Crippen molar-refractivity contribution < 1.29 is 0 Å². The number of hydrogen-bond acceptors (Lipinski definition) is 2. The van der Waals surface area contributed by atoms with Gasteiger partial charge in [0.2, 0.25) is 0 Å². The topological polar surface area (TPSA) is 21.1 Å². The number of aryl methyl sites for hydroxylation is 1. The molecular weight excluding hydrogens is 258 g/mol. The molecule has 19 heavy (non-hydrogen) atoms. The van der Waals surface area contributed by atoms with Gasteiger partial charge in [-0.2, -0.15) is 5.10 Å². The van der Waals surface area contributed by atoms with Gasteiger partial charge in [-0.1, -0.05) is 23.7 Å². The van der Waals surface area contributed by atoms with Crippen molar-refractivity contribution in [3.05, 3.63) is 52.8 Å². The second-order valence-corrected chi connectivity index (χ2v) is 5.51. The van der Waals surface area contributed by atoms with Gasteiger partial charge in [0.25, 0.3) is 0 Å². The van der Waals surface area contributed by atoms with E-state index >= 15 is 0 Å². The standard InChI is InChI=1S/C15H20ClN3/c1-12(10-13-4-6-14(16)7-5-13)18(2)11-15-8-9-19(3)17-15/h4-9,12H,10-11H2,1-3H3/t12-/m1/s1. The van der Waals surface area contributed by atoms with Gasteiger partial charge in [0.05, 0.1) is 5.69 Å². The van der Waals surface area contributed by atoms with E-state index in [1.54, 1.807) is 0 Å². The van der Waals surface area contributed by atoms with E-state index in [0.29, 0.717) is 6.04 Å². The molecule has 1 atom stereocenters. The van der Waals surface area contributed by atoms with Gasteiger partial charge in [-0.15, -0.1) is 0 Å². The average molecular weight is 278 g/mol. The van der Waals surface area contributed by atoms with Crippen molar-refractivity contribution in [1.82, 2.24) is 14.7 Å². The minimum atomic E-state index is 0.461. The molecule has 4 heteroatoms. The molecule has 1 heterocycles. The van der Waals surface area contributed by atoms with Gasteiger partial charge >= 0.3 is 0 Å². The molecule has 0 aliphatic carbocycles. The summed E-state index contributed by atoms with van der Waals surface area (Å²) in [7, 11) is 4.08. The normalized spacial score (nSPS) is 12.9. The van der Waals surface area contributed by atoms with Gasteiger partial charge in [0.1, 0.15) is 0 Å². The Morgan fingerprint density at radius 2 is 1.95 bits per heavy atom. The van der Waals surface area contributed by atoms with Crippen LogP contribution in [0.5, 0.6) is 0 Å². The van der Waals surface area contributed by atoms with E-state index in [1.165, 1.54) is 5.56 Å². The Labute approximate surface area is 119 Å². The van der Waals surface area contributed by atoms with Crippen LogP contribution in [-0.2, 0) is 20.0 Å². The van der Waals surface area contributed by atoms with Crippen molar-refractivity contribution in [2.24, 2.45) is 7.05 Å². The largest absolute Gasteiger partial charge is 0.297 e. The highest BCUT2D eigenvalue weighted by Crippen LogP contribution is 2.13. The zero-order chi connectivity index (χ0) is 13.8. The predicted molar refractivity (Wildman–Crippen MR) is 79.3 cm³/mol. The Balaban J connectivity index is 1.91. The first kappa shape index (κ1) is 14.1. The molecule has 0 spiro atoms. The van der Waals surface area contributed by atoms with E-state index in [1.807, 2.05) is 30.1 Å². The molecule has 0 saturated carbocycles. The fourth-order valence-corrected chi connectivity index (χ4v) is 2.20. The number of halogens is 1. The second-order valence-electron chi connectivity index (χ2n) is 5.08. The van der Waals surface area contributed by atoms with Crippen molar-refractivity contribution in [2.75, 3.05) is 7.05 Å². The quantitative estimate of drug-likeness (QED) is 0.837. The molecule has 3 nitrogen and oxygen atoms in total. The second kappa shape index (κ2) is 6.22. The molecule has 0 N–H and O–H groups in total. The van der Waals surface area contributed by atoms with Crippen LogP contribution in [0.4, 0.5) is 0 Å². The highest BCUT2D eigenvalue weighted by molar-refractivity contribution is 6.30. The summed E-state index contributed by atoms with van der Waals surface area (Å²) in [5.41, 5.74) is 2.41. The Hall–Kier alpha value is -1.32. The van der Waals surface area contributed by atoms with Crippen LogP contribution in [0.3, 0.4) is 0 Å². The molecule has 102 valence electrons. The van der Waals surface area contributed by atoms with Crippen LogP contribution in [0.1, 0.15) is 18.2 Å². The number of hydrogen-bond donors (Lipinski definition) is 0. The highest BCUT2D eigenvalue weighted by Gasteiger charge is 2.11. The summed E-state index contributed by atoms with van der Waals surface area (Å²) in [5.74, 6) is 0. The summed E-state index contributed by atoms with van der Waals surface area (Å²) in [6.45, 7) is 3.10. The molecule has 1 aromatic carbocycles. The fourth-order valence-electron chi connectivity index (χ4n) is 2.08. The van der Waals surface area contributed by atoms with Crippen LogP contribution >= 0.6 is 11.6 Å². The first-order valence-corrected chi connectivity index (χ1v) is 6.85. The van der Waals surface area contributed by atoms with Gasteiger partial charge in [-0.3, -0.25) is 9.58 Å². The maximum atomic E-state index is 5.90. The molecular formula is C15H20ClN3. The highest BCUT2D eigenvalue weighted by atomic mass is 35.5. The minimum Gasteiger partial charge on any atom is -0.297 e. The average Bonchev–Trinajstić information content (AvgIpc) is 2.77. The van der Waals surface area contributed by atoms with E-state index < -0.39 is 0 Å². The summed E-state index contributed by atoms with van der Waals surface area (Å²) in [6.07, 6.45) is 2.99. The number of rotatable bonds is 5. The maximum Gasteiger partial charge on any atom is 0.0764 e. The molecule has 0 saturated heterocycles. The Morgan fingerprint density at radius 1 is 1.26 bits per heavy atom. The molecule has 0 unspecified atom stereocenters. The molecule has 2 rings (SSSR count). The lowest BCUT2D eigenvalue weighted by Crippen LogP contribution is -2.30. The van der Waals surface area contributed by atoms with E-state index in [-0.39, 0.29) is 0 Å². The monoisotopic (exact) mass is 277 g/mol. The predicted octanol–water partition coefficient (Wildman–Crippen LogP) is 3.14. The molecule has 0 amide bonds. The zero-order valence-electron chi connectivity index (χ0n) is 11.7. The summed E-state index contributed by atoms with van der Waals surface area (Å²) in [6, 6.07) is 10.6. The summed E-state index contributed by atoms with van der Waals surface area (Å²) < 4.78 is 1.84. The van der Waals surface area contributed by atoms with E-state index in [9.17, 15) is 0 Å². The van der Waals surface area contributed by atoms with E-state index in [4.69, 9.17) is 11.6 Å². The van der Waals surface area contributed by atoms with Crippen molar-refractivity contribution in [3.8, 4) is 0 Å². The van der Waals surface area contributed by atoms with Crippen LogP contribution < -0.4 is 0 Å². The number of nitrogens with zero attached hydrogens (tertiary/aromatic N) is 3. The van der Waals surface area contributed by atoms with E-state index in [2.05, 4.69) is 42.2 Å². The van der Waals surface area contributed by atoms with Crippen molar-refractivity contribution in [3.63, 3.8) is 0 Å². The van der Waals surface area contributed by atoms with Gasteiger partial charge in [0, 0.05) is 30.9 Å².